The number of amides is 1. The molecule has 2 aliphatic rings. The van der Waals surface area contributed by atoms with Crippen molar-refractivity contribution in [3.05, 3.63) is 53.0 Å². The van der Waals surface area contributed by atoms with Crippen LogP contribution in [-0.4, -0.2) is 54.5 Å². The lowest BCUT2D eigenvalue weighted by atomic mass is 10.0. The van der Waals surface area contributed by atoms with Crippen LogP contribution in [0.3, 0.4) is 0 Å². The maximum Gasteiger partial charge on any atom is 0.255 e. The highest BCUT2D eigenvalue weighted by atomic mass is 16.1. The summed E-state index contributed by atoms with van der Waals surface area (Å²) in [6, 6.07) is 6.18. The number of hydrogen-bond acceptors (Lipinski definition) is 5. The number of pyridine rings is 2. The van der Waals surface area contributed by atoms with E-state index in [0.717, 1.165) is 50.5 Å². The normalized spacial score (nSPS) is 16.9. The lowest BCUT2D eigenvalue weighted by molar-refractivity contribution is 0.0952. The van der Waals surface area contributed by atoms with E-state index in [2.05, 4.69) is 27.3 Å². The van der Waals surface area contributed by atoms with Gasteiger partial charge in [-0.1, -0.05) is 6.07 Å². The van der Waals surface area contributed by atoms with Gasteiger partial charge in [0.15, 0.2) is 0 Å². The molecule has 6 heteroatoms. The third kappa shape index (κ3) is 4.50. The largest absolute Gasteiger partial charge is 0.362 e. The third-order valence-corrected chi connectivity index (χ3v) is 5.58. The number of nitrogens with one attached hydrogen (secondary N) is 1. The van der Waals surface area contributed by atoms with E-state index in [9.17, 15) is 4.79 Å². The SMILES string of the molecule is CN(C)c1nc2c(cc1C(=O)NCC1CC1)CCN(Cc1cccnc1)CC2. The number of nitrogens with zero attached hydrogens (tertiary/aromatic N) is 4. The van der Waals surface area contributed by atoms with Crippen LogP contribution in [0.1, 0.15) is 40.0 Å². The Hall–Kier alpha value is -2.47. The molecule has 0 aromatic carbocycles. The molecular weight excluding hydrogens is 350 g/mol. The third-order valence-electron chi connectivity index (χ3n) is 5.58. The van der Waals surface area contributed by atoms with E-state index >= 15 is 0 Å². The molecule has 0 radical (unpaired) electrons. The lowest BCUT2D eigenvalue weighted by Crippen LogP contribution is -2.28. The zero-order valence-electron chi connectivity index (χ0n) is 16.8. The van der Waals surface area contributed by atoms with Gasteiger partial charge >= 0.3 is 0 Å². The molecule has 1 aliphatic carbocycles. The summed E-state index contributed by atoms with van der Waals surface area (Å²) in [4.78, 5) is 26.3. The average Bonchev–Trinajstić information content (AvgIpc) is 3.54. The molecule has 0 saturated heterocycles. The summed E-state index contributed by atoms with van der Waals surface area (Å²) in [5.41, 5.74) is 4.26. The van der Waals surface area contributed by atoms with Crippen LogP contribution in [-0.2, 0) is 19.4 Å². The highest BCUT2D eigenvalue weighted by Gasteiger charge is 2.25. The fourth-order valence-corrected chi connectivity index (χ4v) is 3.74. The van der Waals surface area contributed by atoms with Crippen molar-refractivity contribution in [2.45, 2.75) is 32.2 Å². The first kappa shape index (κ1) is 18.9. The Morgan fingerprint density at radius 1 is 1.29 bits per heavy atom. The van der Waals surface area contributed by atoms with Crippen LogP contribution >= 0.6 is 0 Å². The molecule has 1 saturated carbocycles. The number of hydrogen-bond donors (Lipinski definition) is 1. The number of carbonyl (C=O) groups is 1. The quantitative estimate of drug-likeness (QED) is 0.834. The second-order valence-corrected chi connectivity index (χ2v) is 8.15. The second-order valence-electron chi connectivity index (χ2n) is 8.15. The van der Waals surface area contributed by atoms with Crippen molar-refractivity contribution >= 4 is 11.7 Å². The van der Waals surface area contributed by atoms with E-state index in [0.29, 0.717) is 11.5 Å². The van der Waals surface area contributed by atoms with Gasteiger partial charge in [0.25, 0.3) is 5.91 Å². The van der Waals surface area contributed by atoms with Crippen molar-refractivity contribution in [1.29, 1.82) is 0 Å². The number of rotatable bonds is 6. The van der Waals surface area contributed by atoms with Gasteiger partial charge < -0.3 is 10.2 Å². The Morgan fingerprint density at radius 2 is 2.11 bits per heavy atom. The van der Waals surface area contributed by atoms with E-state index in [-0.39, 0.29) is 5.91 Å². The van der Waals surface area contributed by atoms with Crippen molar-refractivity contribution < 1.29 is 4.79 Å². The van der Waals surface area contributed by atoms with Gasteiger partial charge in [-0.15, -0.1) is 0 Å². The number of aromatic nitrogens is 2. The average molecular weight is 380 g/mol. The topological polar surface area (TPSA) is 61.4 Å². The first-order valence-electron chi connectivity index (χ1n) is 10.2. The Kier molecular flexibility index (Phi) is 5.57. The van der Waals surface area contributed by atoms with Crippen LogP contribution in [0.25, 0.3) is 0 Å². The molecular formula is C22H29N5O. The zero-order valence-corrected chi connectivity index (χ0v) is 16.8. The molecule has 2 aromatic heterocycles. The molecule has 0 unspecified atom stereocenters. The summed E-state index contributed by atoms with van der Waals surface area (Å²) in [5, 5.41) is 3.10. The van der Waals surface area contributed by atoms with E-state index in [4.69, 9.17) is 4.98 Å². The molecule has 3 heterocycles. The number of fused-ring (bicyclic) bond motifs is 1. The fraction of sp³-hybridized carbons (Fsp3) is 0.500. The summed E-state index contributed by atoms with van der Waals surface area (Å²) in [5.74, 6) is 1.44. The standard InChI is InChI=1S/C22H29N5O/c1-26(2)21-19(22(28)24-14-16-5-6-16)12-18-7-10-27(11-8-20(18)25-21)15-17-4-3-9-23-13-17/h3-4,9,12-13,16H,5-8,10-11,14-15H2,1-2H3,(H,24,28). The number of anilines is 1. The smallest absolute Gasteiger partial charge is 0.255 e. The Morgan fingerprint density at radius 3 is 2.82 bits per heavy atom. The van der Waals surface area contributed by atoms with Gasteiger partial charge in [0, 0.05) is 64.8 Å². The van der Waals surface area contributed by atoms with E-state index in [1.54, 1.807) is 0 Å². The van der Waals surface area contributed by atoms with Crippen LogP contribution in [0, 0.1) is 5.92 Å². The van der Waals surface area contributed by atoms with Crippen molar-refractivity contribution in [3.8, 4) is 0 Å². The Labute approximate surface area is 167 Å². The fourth-order valence-electron chi connectivity index (χ4n) is 3.74. The molecule has 2 aromatic rings. The van der Waals surface area contributed by atoms with Gasteiger partial charge in [-0.25, -0.2) is 4.98 Å². The van der Waals surface area contributed by atoms with Gasteiger partial charge in [-0.2, -0.15) is 0 Å². The summed E-state index contributed by atoms with van der Waals surface area (Å²) >= 11 is 0. The molecule has 1 fully saturated rings. The maximum absolute atomic E-state index is 12.8. The molecule has 1 aliphatic heterocycles. The van der Waals surface area contributed by atoms with Crippen molar-refractivity contribution in [2.24, 2.45) is 5.92 Å². The summed E-state index contributed by atoms with van der Waals surface area (Å²) in [6.07, 6.45) is 8.03. The van der Waals surface area contributed by atoms with Gasteiger partial charge in [0.1, 0.15) is 5.82 Å². The zero-order chi connectivity index (χ0) is 19.5. The summed E-state index contributed by atoms with van der Waals surface area (Å²) in [7, 11) is 3.91. The summed E-state index contributed by atoms with van der Waals surface area (Å²) < 4.78 is 0. The monoisotopic (exact) mass is 379 g/mol. The highest BCUT2D eigenvalue weighted by molar-refractivity contribution is 5.99. The molecule has 0 spiro atoms. The second kappa shape index (κ2) is 8.27. The van der Waals surface area contributed by atoms with Crippen LogP contribution in [0.2, 0.25) is 0 Å². The van der Waals surface area contributed by atoms with Crippen molar-refractivity contribution in [1.82, 2.24) is 20.2 Å². The molecule has 1 N–H and O–H groups in total. The van der Waals surface area contributed by atoms with Gasteiger partial charge in [0.05, 0.1) is 5.56 Å². The molecule has 6 nitrogen and oxygen atoms in total. The first-order valence-corrected chi connectivity index (χ1v) is 10.2. The molecule has 28 heavy (non-hydrogen) atoms. The molecule has 0 atom stereocenters. The van der Waals surface area contributed by atoms with Crippen LogP contribution in [0.15, 0.2) is 30.6 Å². The molecule has 1 amide bonds. The Balaban J connectivity index is 1.51. The van der Waals surface area contributed by atoms with Crippen LogP contribution in [0.4, 0.5) is 5.82 Å². The Bertz CT molecular complexity index is 832. The molecule has 148 valence electrons. The predicted octanol–water partition coefficient (Wildman–Crippen LogP) is 2.28. The van der Waals surface area contributed by atoms with Gasteiger partial charge in [-0.3, -0.25) is 14.7 Å². The molecule has 0 bridgehead atoms. The van der Waals surface area contributed by atoms with Crippen LogP contribution < -0.4 is 10.2 Å². The minimum absolute atomic E-state index is 0.00219. The minimum Gasteiger partial charge on any atom is -0.362 e. The van der Waals surface area contributed by atoms with Gasteiger partial charge in [-0.05, 0) is 48.4 Å². The highest BCUT2D eigenvalue weighted by Crippen LogP contribution is 2.28. The van der Waals surface area contributed by atoms with Crippen LogP contribution in [0.5, 0.6) is 0 Å². The van der Waals surface area contributed by atoms with Gasteiger partial charge in [0.2, 0.25) is 0 Å². The first-order chi connectivity index (χ1) is 13.6. The molecule has 4 rings (SSSR count). The predicted molar refractivity (Wildman–Crippen MR) is 111 cm³/mol. The van der Waals surface area contributed by atoms with E-state index in [1.165, 1.54) is 24.0 Å². The minimum atomic E-state index is 0.00219. The lowest BCUT2D eigenvalue weighted by Gasteiger charge is -2.19. The summed E-state index contributed by atoms with van der Waals surface area (Å²) in [6.45, 7) is 3.61. The van der Waals surface area contributed by atoms with E-state index in [1.807, 2.05) is 37.5 Å². The van der Waals surface area contributed by atoms with E-state index < -0.39 is 0 Å². The number of carbonyl (C=O) groups excluding carboxylic acids is 1. The van der Waals surface area contributed by atoms with Crippen molar-refractivity contribution in [2.75, 3.05) is 38.6 Å². The van der Waals surface area contributed by atoms with Crippen molar-refractivity contribution in [3.63, 3.8) is 0 Å². The maximum atomic E-state index is 12.8.